The zero-order valence-corrected chi connectivity index (χ0v) is 10.7. The molecule has 0 bridgehead atoms. The SMILES string of the molecule is CCCC(C)(C)CC(C)C[PH](O)(O)O. The summed E-state index contributed by atoms with van der Waals surface area (Å²) in [5, 5.41) is 0. The molecule has 1 unspecified atom stereocenters. The zero-order valence-electron chi connectivity index (χ0n) is 9.75. The Hall–Kier alpha value is 0.310. The van der Waals surface area contributed by atoms with Crippen molar-refractivity contribution >= 4 is 7.94 Å². The first kappa shape index (κ1) is 14.3. The molecule has 0 aliphatic heterocycles. The number of hydrogen-bond acceptors (Lipinski definition) is 3. The molecule has 0 saturated carbocycles. The van der Waals surface area contributed by atoms with Crippen LogP contribution in [-0.4, -0.2) is 20.8 Å². The third kappa shape index (κ3) is 7.69. The van der Waals surface area contributed by atoms with E-state index in [4.69, 9.17) is 14.7 Å². The molecule has 14 heavy (non-hydrogen) atoms. The van der Waals surface area contributed by atoms with Crippen LogP contribution in [0.3, 0.4) is 0 Å². The summed E-state index contributed by atoms with van der Waals surface area (Å²) >= 11 is 0. The second kappa shape index (κ2) is 5.41. The van der Waals surface area contributed by atoms with Crippen LogP contribution in [0.1, 0.15) is 47.0 Å². The predicted molar refractivity (Wildman–Crippen MR) is 62.3 cm³/mol. The molecule has 0 saturated heterocycles. The van der Waals surface area contributed by atoms with Crippen LogP contribution in [0.4, 0.5) is 0 Å². The summed E-state index contributed by atoms with van der Waals surface area (Å²) in [6, 6.07) is 0. The average Bonchev–Trinajstić information content (AvgIpc) is 1.78. The summed E-state index contributed by atoms with van der Waals surface area (Å²) in [7, 11) is -3.84. The van der Waals surface area contributed by atoms with E-state index in [-0.39, 0.29) is 17.5 Å². The molecule has 0 rings (SSSR count). The predicted octanol–water partition coefficient (Wildman–Crippen LogP) is 2.31. The molecule has 3 N–H and O–H groups in total. The van der Waals surface area contributed by atoms with Gasteiger partial charge in [0.05, 0.1) is 0 Å². The van der Waals surface area contributed by atoms with Crippen molar-refractivity contribution in [2.24, 2.45) is 11.3 Å². The molecule has 3 nitrogen and oxygen atoms in total. The van der Waals surface area contributed by atoms with Crippen LogP contribution in [0, 0.1) is 11.3 Å². The van der Waals surface area contributed by atoms with E-state index >= 15 is 0 Å². The molecule has 0 aliphatic carbocycles. The van der Waals surface area contributed by atoms with Crippen molar-refractivity contribution < 1.29 is 14.7 Å². The Labute approximate surface area is 87.8 Å². The molecular weight excluding hydrogens is 199 g/mol. The third-order valence-electron chi connectivity index (χ3n) is 2.45. The fourth-order valence-electron chi connectivity index (χ4n) is 2.26. The van der Waals surface area contributed by atoms with E-state index in [9.17, 15) is 0 Å². The number of rotatable bonds is 6. The third-order valence-corrected chi connectivity index (χ3v) is 3.69. The Morgan fingerprint density at radius 2 is 1.71 bits per heavy atom. The summed E-state index contributed by atoms with van der Waals surface area (Å²) in [4.78, 5) is 26.9. The maximum absolute atomic E-state index is 8.96. The van der Waals surface area contributed by atoms with Crippen LogP contribution in [-0.2, 0) is 0 Å². The fraction of sp³-hybridized carbons (Fsp3) is 1.00. The summed E-state index contributed by atoms with van der Waals surface area (Å²) in [5.74, 6) is 0.170. The van der Waals surface area contributed by atoms with Gasteiger partial charge in [-0.15, -0.1) is 0 Å². The van der Waals surface area contributed by atoms with Crippen LogP contribution < -0.4 is 0 Å². The quantitative estimate of drug-likeness (QED) is 0.607. The molecule has 0 heterocycles. The van der Waals surface area contributed by atoms with E-state index in [1.807, 2.05) is 6.92 Å². The van der Waals surface area contributed by atoms with Gasteiger partial charge >= 0.3 is 87.1 Å². The van der Waals surface area contributed by atoms with E-state index < -0.39 is 7.94 Å². The summed E-state index contributed by atoms with van der Waals surface area (Å²) in [6.45, 7) is 8.47. The van der Waals surface area contributed by atoms with Crippen LogP contribution >= 0.6 is 7.94 Å². The van der Waals surface area contributed by atoms with E-state index in [0.717, 1.165) is 19.3 Å². The second-order valence-corrected chi connectivity index (χ2v) is 7.16. The van der Waals surface area contributed by atoms with Gasteiger partial charge in [-0.3, -0.25) is 0 Å². The Morgan fingerprint density at radius 3 is 2.07 bits per heavy atom. The van der Waals surface area contributed by atoms with Gasteiger partial charge in [-0.2, -0.15) is 0 Å². The van der Waals surface area contributed by atoms with Gasteiger partial charge in [0.25, 0.3) is 0 Å². The fourth-order valence-corrected chi connectivity index (χ4v) is 3.34. The van der Waals surface area contributed by atoms with Crippen LogP contribution in [0.25, 0.3) is 0 Å². The Kier molecular flexibility index (Phi) is 5.53. The molecular formula is C10H25O3P. The summed E-state index contributed by atoms with van der Waals surface area (Å²) in [6.07, 6.45) is 3.35. The van der Waals surface area contributed by atoms with Crippen LogP contribution in [0.5, 0.6) is 0 Å². The van der Waals surface area contributed by atoms with Crippen molar-refractivity contribution in [1.29, 1.82) is 0 Å². The van der Waals surface area contributed by atoms with Gasteiger partial charge in [0.1, 0.15) is 0 Å². The Balaban J connectivity index is 3.98. The van der Waals surface area contributed by atoms with Gasteiger partial charge in [-0.25, -0.2) is 0 Å². The molecule has 88 valence electrons. The molecule has 0 aromatic carbocycles. The first-order valence-electron chi connectivity index (χ1n) is 5.33. The monoisotopic (exact) mass is 224 g/mol. The minimum absolute atomic E-state index is 0.153. The van der Waals surface area contributed by atoms with Gasteiger partial charge in [0.2, 0.25) is 0 Å². The zero-order chi connectivity index (χ0) is 11.4. The van der Waals surface area contributed by atoms with Gasteiger partial charge in [-0.1, -0.05) is 0 Å². The van der Waals surface area contributed by atoms with Crippen molar-refractivity contribution in [3.05, 3.63) is 0 Å². The molecule has 1 atom stereocenters. The molecule has 4 heteroatoms. The standard InChI is InChI=1S/C10H25O3P/c1-5-6-10(3,4)7-9(2)8-14(11,12)13/h9,11-14H,5-8H2,1-4H3. The van der Waals surface area contributed by atoms with Crippen molar-refractivity contribution in [2.75, 3.05) is 6.16 Å². The van der Waals surface area contributed by atoms with Crippen molar-refractivity contribution in [2.45, 2.75) is 47.0 Å². The van der Waals surface area contributed by atoms with E-state index in [1.165, 1.54) is 0 Å². The molecule has 0 fully saturated rings. The Bertz CT molecular complexity index is 163. The van der Waals surface area contributed by atoms with Crippen LogP contribution in [0.15, 0.2) is 0 Å². The molecule has 0 aromatic heterocycles. The van der Waals surface area contributed by atoms with E-state index in [2.05, 4.69) is 20.8 Å². The normalized spacial score (nSPS) is 16.8. The topological polar surface area (TPSA) is 60.7 Å². The van der Waals surface area contributed by atoms with Crippen molar-refractivity contribution in [3.8, 4) is 0 Å². The Morgan fingerprint density at radius 1 is 1.21 bits per heavy atom. The molecule has 0 amide bonds. The summed E-state index contributed by atoms with van der Waals surface area (Å²) < 4.78 is 0. The molecule has 0 spiro atoms. The van der Waals surface area contributed by atoms with Gasteiger partial charge in [-0.05, 0) is 0 Å². The van der Waals surface area contributed by atoms with Gasteiger partial charge < -0.3 is 0 Å². The molecule has 0 radical (unpaired) electrons. The maximum atomic E-state index is 8.96. The van der Waals surface area contributed by atoms with Crippen molar-refractivity contribution in [3.63, 3.8) is 0 Å². The van der Waals surface area contributed by atoms with E-state index in [1.54, 1.807) is 0 Å². The molecule has 0 aliphatic rings. The first-order chi connectivity index (χ1) is 6.16. The second-order valence-electron chi connectivity index (χ2n) is 5.20. The average molecular weight is 224 g/mol. The minimum atomic E-state index is -3.84. The van der Waals surface area contributed by atoms with Gasteiger partial charge in [0, 0.05) is 0 Å². The van der Waals surface area contributed by atoms with E-state index in [0.29, 0.717) is 0 Å². The van der Waals surface area contributed by atoms with Crippen molar-refractivity contribution in [1.82, 2.24) is 0 Å². The van der Waals surface area contributed by atoms with Gasteiger partial charge in [0.15, 0.2) is 0 Å². The first-order valence-corrected chi connectivity index (χ1v) is 7.38. The van der Waals surface area contributed by atoms with Crippen LogP contribution in [0.2, 0.25) is 0 Å². The molecule has 0 aromatic rings. The summed E-state index contributed by atoms with van der Waals surface area (Å²) in [5.41, 5.74) is 0.230. The number of hydrogen-bond donors (Lipinski definition) is 3.